The molecule has 0 amide bonds. The van der Waals surface area contributed by atoms with E-state index >= 15 is 0 Å². The summed E-state index contributed by atoms with van der Waals surface area (Å²) in [5.74, 6) is 1.30. The molecule has 1 unspecified atom stereocenters. The Labute approximate surface area is 141 Å². The van der Waals surface area contributed by atoms with Crippen LogP contribution < -0.4 is 10.1 Å². The van der Waals surface area contributed by atoms with E-state index in [1.54, 1.807) is 12.4 Å². The van der Waals surface area contributed by atoms with Crippen molar-refractivity contribution in [1.82, 2.24) is 15.2 Å². The molecule has 7 nitrogen and oxygen atoms in total. The van der Waals surface area contributed by atoms with Crippen molar-refractivity contribution in [3.63, 3.8) is 0 Å². The van der Waals surface area contributed by atoms with E-state index in [0.717, 1.165) is 44.1 Å². The predicted octanol–water partition coefficient (Wildman–Crippen LogP) is 0.983. The van der Waals surface area contributed by atoms with Crippen molar-refractivity contribution in [2.75, 3.05) is 33.4 Å². The van der Waals surface area contributed by atoms with Crippen LogP contribution in [0.5, 0.6) is 5.75 Å². The summed E-state index contributed by atoms with van der Waals surface area (Å²) in [5, 5.41) is 3.39. The summed E-state index contributed by atoms with van der Waals surface area (Å²) in [6.45, 7) is 3.08. The Morgan fingerprint density at radius 3 is 3.21 bits per heavy atom. The second-order valence-corrected chi connectivity index (χ2v) is 5.70. The van der Waals surface area contributed by atoms with E-state index in [4.69, 9.17) is 9.47 Å². The number of amidine groups is 1. The number of allylic oxidation sites excluding steroid dienone is 1. The lowest BCUT2D eigenvalue weighted by atomic mass is 10.1. The van der Waals surface area contributed by atoms with Gasteiger partial charge in [0.15, 0.2) is 0 Å². The summed E-state index contributed by atoms with van der Waals surface area (Å²) in [5.41, 5.74) is 0.393. The average molecular weight is 330 g/mol. The third kappa shape index (κ3) is 3.91. The van der Waals surface area contributed by atoms with Crippen molar-refractivity contribution in [3.8, 4) is 5.75 Å². The summed E-state index contributed by atoms with van der Waals surface area (Å²) < 4.78 is 10.6. The molecule has 0 aliphatic carbocycles. The minimum Gasteiger partial charge on any atom is -0.490 e. The van der Waals surface area contributed by atoms with Crippen molar-refractivity contribution in [3.05, 3.63) is 36.3 Å². The van der Waals surface area contributed by atoms with E-state index in [9.17, 15) is 4.79 Å². The molecule has 24 heavy (non-hydrogen) atoms. The quantitative estimate of drug-likeness (QED) is 0.830. The van der Waals surface area contributed by atoms with Crippen LogP contribution in [-0.4, -0.2) is 61.1 Å². The Kier molecular flexibility index (Phi) is 5.43. The van der Waals surface area contributed by atoms with Gasteiger partial charge in [-0.05, 0) is 18.6 Å². The number of pyridine rings is 1. The SMILES string of the molecule is COC(=O)C1=CCCC(N2CCNCC2COc2cccnc2)=N1. The Morgan fingerprint density at radius 1 is 1.50 bits per heavy atom. The van der Waals surface area contributed by atoms with Crippen molar-refractivity contribution >= 4 is 11.8 Å². The molecule has 1 atom stereocenters. The van der Waals surface area contributed by atoms with Crippen molar-refractivity contribution in [1.29, 1.82) is 0 Å². The van der Waals surface area contributed by atoms with Crippen molar-refractivity contribution in [2.45, 2.75) is 18.9 Å². The number of nitrogens with zero attached hydrogens (tertiary/aromatic N) is 3. The Hall–Kier alpha value is -2.41. The number of piperazine rings is 1. The number of rotatable bonds is 4. The van der Waals surface area contributed by atoms with Gasteiger partial charge in [-0.1, -0.05) is 6.08 Å². The standard InChI is InChI=1S/C17H22N4O3/c1-23-17(22)15-5-2-6-16(20-15)21-9-8-19-10-13(21)12-24-14-4-3-7-18-11-14/h3-5,7,11,13,19H,2,6,8-10,12H2,1H3. The maximum absolute atomic E-state index is 11.7. The van der Waals surface area contributed by atoms with Gasteiger partial charge < -0.3 is 19.7 Å². The van der Waals surface area contributed by atoms with Crippen LogP contribution in [0.3, 0.4) is 0 Å². The summed E-state index contributed by atoms with van der Waals surface area (Å²) in [6, 6.07) is 3.91. The van der Waals surface area contributed by atoms with Gasteiger partial charge in [-0.15, -0.1) is 0 Å². The topological polar surface area (TPSA) is 76.0 Å². The number of hydrogen-bond donors (Lipinski definition) is 1. The van der Waals surface area contributed by atoms with Gasteiger partial charge in [0.2, 0.25) is 0 Å². The molecule has 1 aromatic heterocycles. The molecule has 1 N–H and O–H groups in total. The number of aromatic nitrogens is 1. The van der Waals surface area contributed by atoms with Crippen LogP contribution >= 0.6 is 0 Å². The Balaban J connectivity index is 1.69. The maximum Gasteiger partial charge on any atom is 0.356 e. The highest BCUT2D eigenvalue weighted by molar-refractivity contribution is 5.95. The van der Waals surface area contributed by atoms with Crippen molar-refractivity contribution in [2.24, 2.45) is 4.99 Å². The fourth-order valence-electron chi connectivity index (χ4n) is 2.89. The molecule has 0 spiro atoms. The molecular formula is C17H22N4O3. The summed E-state index contributed by atoms with van der Waals surface area (Å²) in [4.78, 5) is 22.5. The molecule has 2 aliphatic heterocycles. The molecule has 1 aromatic rings. The molecule has 2 aliphatic rings. The molecule has 1 fully saturated rings. The highest BCUT2D eigenvalue weighted by Crippen LogP contribution is 2.18. The number of ether oxygens (including phenoxy) is 2. The Morgan fingerprint density at radius 2 is 2.42 bits per heavy atom. The van der Waals surface area contributed by atoms with Crippen LogP contribution in [0.25, 0.3) is 0 Å². The fraction of sp³-hybridized carbons (Fsp3) is 0.471. The first-order valence-electron chi connectivity index (χ1n) is 8.14. The lowest BCUT2D eigenvalue weighted by molar-refractivity contribution is -0.136. The first-order chi connectivity index (χ1) is 11.8. The van der Waals surface area contributed by atoms with Gasteiger partial charge in [0.25, 0.3) is 0 Å². The predicted molar refractivity (Wildman–Crippen MR) is 89.9 cm³/mol. The van der Waals surface area contributed by atoms with Gasteiger partial charge in [-0.2, -0.15) is 0 Å². The van der Waals surface area contributed by atoms with E-state index in [1.165, 1.54) is 7.11 Å². The van der Waals surface area contributed by atoms with Crippen LogP contribution in [0.2, 0.25) is 0 Å². The minimum absolute atomic E-state index is 0.162. The largest absolute Gasteiger partial charge is 0.490 e. The highest BCUT2D eigenvalue weighted by atomic mass is 16.5. The first-order valence-corrected chi connectivity index (χ1v) is 8.14. The van der Waals surface area contributed by atoms with E-state index in [-0.39, 0.29) is 12.0 Å². The summed E-state index contributed by atoms with van der Waals surface area (Å²) in [6.07, 6.45) is 6.88. The van der Waals surface area contributed by atoms with Crippen LogP contribution in [0.15, 0.2) is 41.3 Å². The lowest BCUT2D eigenvalue weighted by Gasteiger charge is -2.38. The molecule has 1 saturated heterocycles. The molecule has 3 rings (SSSR count). The monoisotopic (exact) mass is 330 g/mol. The van der Waals surface area contributed by atoms with Crippen LogP contribution in [0.4, 0.5) is 0 Å². The molecule has 0 aromatic carbocycles. The number of nitrogens with one attached hydrogen (secondary N) is 1. The molecule has 0 bridgehead atoms. The van der Waals surface area contributed by atoms with Gasteiger partial charge in [0.05, 0.1) is 19.3 Å². The average Bonchev–Trinajstić information content (AvgIpc) is 2.67. The number of hydrogen-bond acceptors (Lipinski definition) is 7. The third-order valence-corrected chi connectivity index (χ3v) is 4.11. The smallest absolute Gasteiger partial charge is 0.356 e. The molecule has 0 saturated carbocycles. The van der Waals surface area contributed by atoms with Crippen LogP contribution in [0, 0.1) is 0 Å². The summed E-state index contributed by atoms with van der Waals surface area (Å²) >= 11 is 0. The number of carbonyl (C=O) groups is 1. The van der Waals surface area contributed by atoms with Crippen molar-refractivity contribution < 1.29 is 14.3 Å². The van der Waals surface area contributed by atoms with Gasteiger partial charge in [-0.3, -0.25) is 4.98 Å². The zero-order chi connectivity index (χ0) is 16.8. The molecular weight excluding hydrogens is 308 g/mol. The van der Waals surface area contributed by atoms with E-state index in [1.807, 2.05) is 18.2 Å². The normalized spacial score (nSPS) is 20.9. The van der Waals surface area contributed by atoms with E-state index in [2.05, 4.69) is 20.2 Å². The Bertz CT molecular complexity index is 630. The zero-order valence-corrected chi connectivity index (χ0v) is 13.8. The van der Waals surface area contributed by atoms with E-state index in [0.29, 0.717) is 12.3 Å². The summed E-state index contributed by atoms with van der Waals surface area (Å²) in [7, 11) is 1.38. The second kappa shape index (κ2) is 7.92. The third-order valence-electron chi connectivity index (χ3n) is 4.11. The van der Waals surface area contributed by atoms with E-state index < -0.39 is 0 Å². The number of methoxy groups -OCH3 is 1. The van der Waals surface area contributed by atoms with Gasteiger partial charge in [0.1, 0.15) is 23.9 Å². The lowest BCUT2D eigenvalue weighted by Crippen LogP contribution is -2.56. The maximum atomic E-state index is 11.7. The number of esters is 1. The van der Waals surface area contributed by atoms with Crippen LogP contribution in [0.1, 0.15) is 12.8 Å². The van der Waals surface area contributed by atoms with Gasteiger partial charge in [-0.25, -0.2) is 9.79 Å². The first kappa shape index (κ1) is 16.4. The highest BCUT2D eigenvalue weighted by Gasteiger charge is 2.27. The molecule has 7 heteroatoms. The van der Waals surface area contributed by atoms with Gasteiger partial charge >= 0.3 is 5.97 Å². The number of aliphatic imine (C=N–C) groups is 1. The molecule has 128 valence electrons. The fourth-order valence-corrected chi connectivity index (χ4v) is 2.89. The number of carbonyl (C=O) groups excluding carboxylic acids is 1. The minimum atomic E-state index is -0.384. The zero-order valence-electron chi connectivity index (χ0n) is 13.8. The van der Waals surface area contributed by atoms with Crippen LogP contribution in [-0.2, 0) is 9.53 Å². The molecule has 0 radical (unpaired) electrons. The van der Waals surface area contributed by atoms with Gasteiger partial charge in [0, 0.05) is 32.3 Å². The second-order valence-electron chi connectivity index (χ2n) is 5.70. The molecule has 3 heterocycles.